The molecule has 4 aromatic rings. The molecule has 0 aliphatic heterocycles. The van der Waals surface area contributed by atoms with E-state index in [1.165, 1.54) is 5.56 Å². The molecule has 2 heterocycles. The van der Waals surface area contributed by atoms with E-state index in [0.29, 0.717) is 24.5 Å². The number of fused-ring (bicyclic) bond motifs is 1. The number of nitrogens with zero attached hydrogens (tertiary/aromatic N) is 3. The van der Waals surface area contributed by atoms with Crippen LogP contribution < -0.4 is 10.1 Å². The number of carbonyl (C=O) groups excluding carboxylic acids is 1. The van der Waals surface area contributed by atoms with Crippen LogP contribution in [0.1, 0.15) is 11.3 Å². The van der Waals surface area contributed by atoms with E-state index < -0.39 is 0 Å². The van der Waals surface area contributed by atoms with Gasteiger partial charge in [-0.05, 0) is 19.1 Å². The highest BCUT2D eigenvalue weighted by atomic mass is 32.1. The highest BCUT2D eigenvalue weighted by molar-refractivity contribution is 7.15. The number of thiazole rings is 1. The third-order valence-corrected chi connectivity index (χ3v) is 5.14. The van der Waals surface area contributed by atoms with Crippen molar-refractivity contribution < 1.29 is 9.53 Å². The average molecular weight is 392 g/mol. The van der Waals surface area contributed by atoms with Crippen molar-refractivity contribution in [1.29, 1.82) is 0 Å². The van der Waals surface area contributed by atoms with Crippen LogP contribution in [0.5, 0.6) is 5.75 Å². The van der Waals surface area contributed by atoms with Crippen LogP contribution in [0.3, 0.4) is 0 Å². The fourth-order valence-corrected chi connectivity index (χ4v) is 3.62. The van der Waals surface area contributed by atoms with Crippen molar-refractivity contribution in [2.24, 2.45) is 0 Å². The number of amides is 1. The summed E-state index contributed by atoms with van der Waals surface area (Å²) in [6, 6.07) is 17.5. The lowest BCUT2D eigenvalue weighted by Gasteiger charge is -2.07. The second-order valence-electron chi connectivity index (χ2n) is 6.42. The number of ether oxygens (including phenoxy) is 1. The van der Waals surface area contributed by atoms with Crippen LogP contribution in [-0.2, 0) is 11.2 Å². The zero-order valence-electron chi connectivity index (χ0n) is 15.5. The van der Waals surface area contributed by atoms with Gasteiger partial charge in [-0.15, -0.1) is 16.4 Å². The van der Waals surface area contributed by atoms with Crippen LogP contribution in [0.4, 0.5) is 0 Å². The van der Waals surface area contributed by atoms with Crippen LogP contribution in [0.2, 0.25) is 0 Å². The first-order valence-electron chi connectivity index (χ1n) is 9.04. The van der Waals surface area contributed by atoms with Crippen molar-refractivity contribution in [3.63, 3.8) is 0 Å². The summed E-state index contributed by atoms with van der Waals surface area (Å²) in [4.78, 5) is 17.4. The quantitative estimate of drug-likeness (QED) is 0.523. The Kier molecular flexibility index (Phi) is 5.34. The minimum Gasteiger partial charge on any atom is -0.484 e. The standard InChI is InChI=1S/C21H20N4O2S/c1-15-7-9-16(10-8-15)20-23-21-25(24-20)17(14-28-21)11-12-22-19(26)13-27-18-5-3-2-4-6-18/h2-10,14H,11-13H2,1H3,(H,22,26). The Morgan fingerprint density at radius 3 is 2.71 bits per heavy atom. The topological polar surface area (TPSA) is 68.5 Å². The minimum absolute atomic E-state index is 0.00393. The molecule has 7 heteroatoms. The third-order valence-electron chi connectivity index (χ3n) is 4.28. The van der Waals surface area contributed by atoms with E-state index in [1.807, 2.05) is 52.4 Å². The zero-order valence-corrected chi connectivity index (χ0v) is 16.3. The summed E-state index contributed by atoms with van der Waals surface area (Å²) in [6.45, 7) is 2.58. The summed E-state index contributed by atoms with van der Waals surface area (Å²) >= 11 is 1.55. The van der Waals surface area contributed by atoms with Crippen molar-refractivity contribution in [1.82, 2.24) is 19.9 Å². The number of hydrogen-bond donors (Lipinski definition) is 1. The summed E-state index contributed by atoms with van der Waals surface area (Å²) in [5.74, 6) is 1.26. The van der Waals surface area contributed by atoms with Gasteiger partial charge in [0.15, 0.2) is 12.4 Å². The number of aromatic nitrogens is 3. The molecule has 0 saturated carbocycles. The van der Waals surface area contributed by atoms with Gasteiger partial charge in [0.25, 0.3) is 5.91 Å². The Morgan fingerprint density at radius 2 is 1.93 bits per heavy atom. The number of rotatable bonds is 7. The highest BCUT2D eigenvalue weighted by Crippen LogP contribution is 2.21. The Balaban J connectivity index is 1.33. The monoisotopic (exact) mass is 392 g/mol. The summed E-state index contributed by atoms with van der Waals surface area (Å²) in [6.07, 6.45) is 0.674. The van der Waals surface area contributed by atoms with Crippen molar-refractivity contribution in [2.75, 3.05) is 13.2 Å². The molecule has 6 nitrogen and oxygen atoms in total. The van der Waals surface area contributed by atoms with Crippen LogP contribution >= 0.6 is 11.3 Å². The molecule has 0 aliphatic rings. The predicted octanol–water partition coefficient (Wildman–Crippen LogP) is 3.50. The van der Waals surface area contributed by atoms with Crippen LogP contribution in [-0.4, -0.2) is 33.7 Å². The molecule has 28 heavy (non-hydrogen) atoms. The van der Waals surface area contributed by atoms with Crippen molar-refractivity contribution in [3.8, 4) is 17.1 Å². The first kappa shape index (κ1) is 18.2. The van der Waals surface area contributed by atoms with Crippen LogP contribution in [0.15, 0.2) is 60.0 Å². The lowest BCUT2D eigenvalue weighted by atomic mass is 10.1. The first-order valence-corrected chi connectivity index (χ1v) is 9.92. The van der Waals surface area contributed by atoms with Gasteiger partial charge in [-0.3, -0.25) is 4.79 Å². The van der Waals surface area contributed by atoms with Crippen molar-refractivity contribution in [2.45, 2.75) is 13.3 Å². The number of carbonyl (C=O) groups is 1. The maximum Gasteiger partial charge on any atom is 0.257 e. The molecule has 0 bridgehead atoms. The molecule has 142 valence electrons. The summed E-state index contributed by atoms with van der Waals surface area (Å²) in [7, 11) is 0. The van der Waals surface area contributed by atoms with Crippen LogP contribution in [0.25, 0.3) is 16.3 Å². The Bertz CT molecular complexity index is 1070. The van der Waals surface area contributed by atoms with E-state index >= 15 is 0 Å². The Labute approximate surface area is 166 Å². The molecule has 1 amide bonds. The molecule has 0 radical (unpaired) electrons. The van der Waals surface area contributed by atoms with E-state index in [2.05, 4.69) is 34.5 Å². The number of aryl methyl sites for hydroxylation is 1. The number of para-hydroxylation sites is 1. The van der Waals surface area contributed by atoms with Gasteiger partial charge in [0, 0.05) is 23.9 Å². The van der Waals surface area contributed by atoms with Gasteiger partial charge >= 0.3 is 0 Å². The van der Waals surface area contributed by atoms with Gasteiger partial charge in [-0.1, -0.05) is 48.0 Å². The molecule has 4 rings (SSSR count). The molecule has 0 aliphatic carbocycles. The molecule has 2 aromatic heterocycles. The Morgan fingerprint density at radius 1 is 1.14 bits per heavy atom. The van der Waals surface area contributed by atoms with Gasteiger partial charge in [-0.25, -0.2) is 4.52 Å². The maximum absolute atomic E-state index is 12.0. The normalized spacial score (nSPS) is 10.9. The lowest BCUT2D eigenvalue weighted by molar-refractivity contribution is -0.123. The van der Waals surface area contributed by atoms with E-state index in [1.54, 1.807) is 11.3 Å². The molecule has 0 fully saturated rings. The van der Waals surface area contributed by atoms with Gasteiger partial charge in [-0.2, -0.15) is 4.98 Å². The maximum atomic E-state index is 12.0. The summed E-state index contributed by atoms with van der Waals surface area (Å²) in [5, 5.41) is 9.53. The van der Waals surface area contributed by atoms with E-state index in [-0.39, 0.29) is 12.5 Å². The number of nitrogens with one attached hydrogen (secondary N) is 1. The first-order chi connectivity index (χ1) is 13.7. The molecule has 0 unspecified atom stereocenters. The van der Waals surface area contributed by atoms with Crippen molar-refractivity contribution >= 4 is 22.2 Å². The summed E-state index contributed by atoms with van der Waals surface area (Å²) < 4.78 is 7.30. The number of hydrogen-bond acceptors (Lipinski definition) is 5. The molecule has 0 atom stereocenters. The molecule has 0 saturated heterocycles. The molecule has 1 N–H and O–H groups in total. The molecular weight excluding hydrogens is 372 g/mol. The number of benzene rings is 2. The molecular formula is C21H20N4O2S. The van der Waals surface area contributed by atoms with Crippen LogP contribution in [0, 0.1) is 6.92 Å². The molecule has 2 aromatic carbocycles. The van der Waals surface area contributed by atoms with Gasteiger partial charge in [0.05, 0.1) is 5.69 Å². The van der Waals surface area contributed by atoms with E-state index in [4.69, 9.17) is 4.74 Å². The van der Waals surface area contributed by atoms with E-state index in [0.717, 1.165) is 16.2 Å². The van der Waals surface area contributed by atoms with E-state index in [9.17, 15) is 4.79 Å². The lowest BCUT2D eigenvalue weighted by Crippen LogP contribution is -2.30. The summed E-state index contributed by atoms with van der Waals surface area (Å²) in [5.41, 5.74) is 3.23. The minimum atomic E-state index is -0.144. The third kappa shape index (κ3) is 4.20. The largest absolute Gasteiger partial charge is 0.484 e. The fourth-order valence-electron chi connectivity index (χ4n) is 2.77. The van der Waals surface area contributed by atoms with Gasteiger partial charge in [0.1, 0.15) is 5.75 Å². The smallest absolute Gasteiger partial charge is 0.257 e. The van der Waals surface area contributed by atoms with Gasteiger partial charge in [0.2, 0.25) is 4.96 Å². The predicted molar refractivity (Wildman–Crippen MR) is 110 cm³/mol. The second-order valence-corrected chi connectivity index (χ2v) is 7.26. The average Bonchev–Trinajstić information content (AvgIpc) is 3.29. The highest BCUT2D eigenvalue weighted by Gasteiger charge is 2.12. The SMILES string of the molecule is Cc1ccc(-c2nc3scc(CCNC(=O)COc4ccccc4)n3n2)cc1. The Hall–Kier alpha value is -3.19. The molecule has 0 spiro atoms. The fraction of sp³-hybridized carbons (Fsp3) is 0.190. The van der Waals surface area contributed by atoms with Crippen molar-refractivity contribution in [3.05, 3.63) is 71.2 Å². The zero-order chi connectivity index (χ0) is 19.3. The van der Waals surface area contributed by atoms with Gasteiger partial charge < -0.3 is 10.1 Å². The second kappa shape index (κ2) is 8.22.